The lowest BCUT2D eigenvalue weighted by molar-refractivity contribution is -0.138. The van der Waals surface area contributed by atoms with E-state index in [1.807, 2.05) is 0 Å². The van der Waals surface area contributed by atoms with Crippen LogP contribution < -0.4 is 0 Å². The average molecular weight is 127 g/mol. The molecule has 0 aliphatic heterocycles. The first-order chi connectivity index (χ1) is 4.18. The van der Waals surface area contributed by atoms with Gasteiger partial charge in [-0.3, -0.25) is 0 Å². The Hall–Kier alpha value is -1.41. The molecule has 0 amide bonds. The van der Waals surface area contributed by atoms with E-state index in [1.165, 1.54) is 6.92 Å². The van der Waals surface area contributed by atoms with E-state index in [2.05, 4.69) is 16.6 Å². The highest BCUT2D eigenvalue weighted by Crippen LogP contribution is 1.90. The lowest BCUT2D eigenvalue weighted by atomic mass is 10.4. The lowest BCUT2D eigenvalue weighted by Crippen LogP contribution is -1.98. The summed E-state index contributed by atoms with van der Waals surface area (Å²) in [6, 6.07) is 0. The standard InChI is InChI=1S/C5H5NO3/c1-4(2)5(8)9-6-3-7/h1H2,2H3. The Morgan fingerprint density at radius 1 is 1.78 bits per heavy atom. The van der Waals surface area contributed by atoms with Gasteiger partial charge in [-0.25, -0.2) is 9.59 Å². The van der Waals surface area contributed by atoms with Crippen LogP contribution in [0.1, 0.15) is 6.92 Å². The second kappa shape index (κ2) is 3.57. The van der Waals surface area contributed by atoms with Gasteiger partial charge in [-0.05, 0) is 6.92 Å². The fourth-order valence-electron chi connectivity index (χ4n) is 0.138. The van der Waals surface area contributed by atoms with Crippen LogP contribution in [0.5, 0.6) is 0 Å². The van der Waals surface area contributed by atoms with Gasteiger partial charge in [0, 0.05) is 10.7 Å². The van der Waals surface area contributed by atoms with Crippen molar-refractivity contribution in [1.29, 1.82) is 0 Å². The van der Waals surface area contributed by atoms with Crippen LogP contribution in [0.25, 0.3) is 0 Å². The number of rotatable bonds is 2. The molecule has 0 saturated carbocycles. The van der Waals surface area contributed by atoms with E-state index < -0.39 is 5.97 Å². The smallest absolute Gasteiger partial charge is 0.302 e. The maximum atomic E-state index is 10.3. The fraction of sp³-hybridized carbons (Fsp3) is 0.200. The number of carbonyl (C=O) groups excluding carboxylic acids is 2. The Bertz CT molecular complexity index is 179. The third-order valence-corrected chi connectivity index (χ3v) is 0.514. The molecule has 0 saturated heterocycles. The van der Waals surface area contributed by atoms with Crippen molar-refractivity contribution in [3.05, 3.63) is 12.2 Å². The molecule has 0 fully saturated rings. The molecule has 0 rings (SSSR count). The number of carbonyl (C=O) groups is 1. The van der Waals surface area contributed by atoms with Gasteiger partial charge in [-0.15, -0.1) is 0 Å². The van der Waals surface area contributed by atoms with Crippen molar-refractivity contribution in [3.8, 4) is 0 Å². The van der Waals surface area contributed by atoms with Gasteiger partial charge in [0.1, 0.15) is 0 Å². The number of hydrogen-bond donors (Lipinski definition) is 0. The summed E-state index contributed by atoms with van der Waals surface area (Å²) in [7, 11) is 0. The Labute approximate surface area is 51.8 Å². The van der Waals surface area contributed by atoms with Crippen molar-refractivity contribution < 1.29 is 14.4 Å². The summed E-state index contributed by atoms with van der Waals surface area (Å²) in [5.74, 6) is -0.724. The summed E-state index contributed by atoms with van der Waals surface area (Å²) in [6.45, 7) is 4.69. The van der Waals surface area contributed by atoms with Gasteiger partial charge in [0.15, 0.2) is 0 Å². The largest absolute Gasteiger partial charge is 0.361 e. The van der Waals surface area contributed by atoms with Crippen LogP contribution in [0.2, 0.25) is 0 Å². The Kier molecular flexibility index (Phi) is 3.01. The first-order valence-corrected chi connectivity index (χ1v) is 2.12. The molecule has 4 nitrogen and oxygen atoms in total. The van der Waals surface area contributed by atoms with Gasteiger partial charge in [-0.1, -0.05) is 6.58 Å². The van der Waals surface area contributed by atoms with E-state index in [1.54, 1.807) is 0 Å². The Morgan fingerprint density at radius 3 is 2.67 bits per heavy atom. The maximum Gasteiger partial charge on any atom is 0.361 e. The summed E-state index contributed by atoms with van der Waals surface area (Å²) in [5, 5.41) is 2.58. The molecule has 0 atom stereocenters. The van der Waals surface area contributed by atoms with Crippen LogP contribution in [0.4, 0.5) is 0 Å². The maximum absolute atomic E-state index is 10.3. The SMILES string of the molecule is C=C(C)C(=O)ON=C=O. The van der Waals surface area contributed by atoms with Crippen molar-refractivity contribution in [2.45, 2.75) is 6.92 Å². The number of nitrogens with zero attached hydrogens (tertiary/aromatic N) is 1. The summed E-state index contributed by atoms with van der Waals surface area (Å²) in [4.78, 5) is 23.6. The summed E-state index contributed by atoms with van der Waals surface area (Å²) < 4.78 is 0. The summed E-state index contributed by atoms with van der Waals surface area (Å²) in [5.41, 5.74) is 0.189. The van der Waals surface area contributed by atoms with Gasteiger partial charge in [0.05, 0.1) is 0 Å². The third kappa shape index (κ3) is 3.20. The molecular formula is C5H5NO3. The van der Waals surface area contributed by atoms with Gasteiger partial charge in [-0.2, -0.15) is 0 Å². The van der Waals surface area contributed by atoms with Crippen LogP contribution >= 0.6 is 0 Å². The molecule has 0 bridgehead atoms. The molecule has 0 N–H and O–H groups in total. The summed E-state index contributed by atoms with van der Waals surface area (Å²) >= 11 is 0. The summed E-state index contributed by atoms with van der Waals surface area (Å²) in [6.07, 6.45) is 1.04. The monoisotopic (exact) mass is 127 g/mol. The van der Waals surface area contributed by atoms with E-state index in [4.69, 9.17) is 0 Å². The highest BCUT2D eigenvalue weighted by atomic mass is 16.7. The van der Waals surface area contributed by atoms with Crippen molar-refractivity contribution in [1.82, 2.24) is 0 Å². The quantitative estimate of drug-likeness (QED) is 0.177. The molecule has 0 radical (unpaired) electrons. The second-order valence-corrected chi connectivity index (χ2v) is 1.34. The Balaban J connectivity index is 3.78. The molecule has 0 aliphatic rings. The predicted octanol–water partition coefficient (Wildman–Crippen LogP) is 0.356. The molecule has 4 heteroatoms. The molecule has 0 aliphatic carbocycles. The molecule has 0 spiro atoms. The predicted molar refractivity (Wildman–Crippen MR) is 29.0 cm³/mol. The molecule has 0 heterocycles. The van der Waals surface area contributed by atoms with Crippen LogP contribution in [-0.2, 0) is 14.4 Å². The highest BCUT2D eigenvalue weighted by molar-refractivity contribution is 5.86. The molecule has 48 valence electrons. The highest BCUT2D eigenvalue weighted by Gasteiger charge is 2.00. The molecule has 0 unspecified atom stereocenters. The van der Waals surface area contributed by atoms with Crippen molar-refractivity contribution in [2.24, 2.45) is 5.16 Å². The number of isocyanates is 1. The minimum atomic E-state index is -0.724. The number of hydrogen-bond acceptors (Lipinski definition) is 4. The minimum absolute atomic E-state index is 0.189. The van der Waals surface area contributed by atoms with Crippen LogP contribution in [-0.4, -0.2) is 12.0 Å². The van der Waals surface area contributed by atoms with Crippen molar-refractivity contribution >= 4 is 12.0 Å². The molecule has 0 aromatic rings. The van der Waals surface area contributed by atoms with Crippen molar-refractivity contribution in [2.75, 3.05) is 0 Å². The van der Waals surface area contributed by atoms with Crippen LogP contribution in [0.3, 0.4) is 0 Å². The zero-order valence-corrected chi connectivity index (χ0v) is 4.88. The van der Waals surface area contributed by atoms with E-state index in [0.717, 1.165) is 6.08 Å². The molecule has 0 aromatic carbocycles. The molecule has 9 heavy (non-hydrogen) atoms. The van der Waals surface area contributed by atoms with Gasteiger partial charge >= 0.3 is 5.97 Å². The zero-order valence-electron chi connectivity index (χ0n) is 4.88. The lowest BCUT2D eigenvalue weighted by Gasteiger charge is -1.88. The van der Waals surface area contributed by atoms with Crippen LogP contribution in [0, 0.1) is 0 Å². The van der Waals surface area contributed by atoms with E-state index in [-0.39, 0.29) is 5.57 Å². The van der Waals surface area contributed by atoms with Gasteiger partial charge < -0.3 is 4.84 Å². The van der Waals surface area contributed by atoms with E-state index in [0.29, 0.717) is 0 Å². The zero-order chi connectivity index (χ0) is 7.28. The minimum Gasteiger partial charge on any atom is -0.302 e. The average Bonchev–Trinajstić information content (AvgIpc) is 1.82. The molecular weight excluding hydrogens is 122 g/mol. The second-order valence-electron chi connectivity index (χ2n) is 1.34. The normalized spacial score (nSPS) is 7.22. The van der Waals surface area contributed by atoms with E-state index in [9.17, 15) is 9.59 Å². The first kappa shape index (κ1) is 7.59. The topological polar surface area (TPSA) is 55.7 Å². The first-order valence-electron chi connectivity index (χ1n) is 2.12. The fourth-order valence-corrected chi connectivity index (χ4v) is 0.138. The van der Waals surface area contributed by atoms with E-state index >= 15 is 0 Å². The van der Waals surface area contributed by atoms with Gasteiger partial charge in [0.2, 0.25) is 0 Å². The van der Waals surface area contributed by atoms with Crippen LogP contribution in [0.15, 0.2) is 17.3 Å². The van der Waals surface area contributed by atoms with Crippen molar-refractivity contribution in [3.63, 3.8) is 0 Å². The Morgan fingerprint density at radius 2 is 2.33 bits per heavy atom. The third-order valence-electron chi connectivity index (χ3n) is 0.514. The van der Waals surface area contributed by atoms with Gasteiger partial charge in [0.25, 0.3) is 6.08 Å². The molecule has 0 aromatic heterocycles.